The minimum absolute atomic E-state index is 0.139. The maximum atomic E-state index is 12.3. The van der Waals surface area contributed by atoms with E-state index < -0.39 is 0 Å². The summed E-state index contributed by atoms with van der Waals surface area (Å²) in [6, 6.07) is 13.1. The van der Waals surface area contributed by atoms with Gasteiger partial charge >= 0.3 is 0 Å². The Balaban J connectivity index is 1.29. The second-order valence-corrected chi connectivity index (χ2v) is 8.01. The largest absolute Gasteiger partial charge is 0.326 e. The topological polar surface area (TPSA) is 88.9 Å². The number of amides is 2. The smallest absolute Gasteiger partial charge is 0.267 e. The molecule has 3 heterocycles. The summed E-state index contributed by atoms with van der Waals surface area (Å²) >= 11 is 2.67. The fraction of sp³-hybridized carbons (Fsp3) is 0.100. The van der Waals surface area contributed by atoms with Crippen molar-refractivity contribution in [1.29, 1.82) is 0 Å². The third-order valence-corrected chi connectivity index (χ3v) is 5.68. The number of anilines is 2. The molecule has 0 aliphatic rings. The van der Waals surface area contributed by atoms with Crippen LogP contribution in [0.3, 0.4) is 0 Å². The Bertz CT molecular complexity index is 1090. The maximum absolute atomic E-state index is 12.3. The fourth-order valence-electron chi connectivity index (χ4n) is 2.66. The number of aromatic nitrogens is 3. The number of rotatable bonds is 7. The highest BCUT2D eigenvalue weighted by molar-refractivity contribution is 7.14. The summed E-state index contributed by atoms with van der Waals surface area (Å²) in [6.45, 7) is 0.681. The predicted molar refractivity (Wildman–Crippen MR) is 114 cm³/mol. The van der Waals surface area contributed by atoms with Gasteiger partial charge in [0.2, 0.25) is 5.91 Å². The van der Waals surface area contributed by atoms with Crippen molar-refractivity contribution in [3.05, 3.63) is 81.8 Å². The lowest BCUT2D eigenvalue weighted by Gasteiger charge is -2.06. The molecule has 4 aromatic rings. The van der Waals surface area contributed by atoms with Gasteiger partial charge in [-0.1, -0.05) is 18.2 Å². The zero-order valence-electron chi connectivity index (χ0n) is 15.2. The zero-order chi connectivity index (χ0) is 20.1. The van der Waals surface area contributed by atoms with Crippen LogP contribution in [-0.2, 0) is 17.8 Å². The van der Waals surface area contributed by atoms with Crippen molar-refractivity contribution in [2.45, 2.75) is 13.0 Å². The van der Waals surface area contributed by atoms with Crippen LogP contribution < -0.4 is 10.6 Å². The molecule has 0 bridgehead atoms. The molecule has 0 saturated carbocycles. The standard InChI is InChI=1S/C20H17N5O2S2/c26-18(22-15-6-4-14(5-7-15)12-25-9-2-8-21-25)11-16-13-29-20(23-16)24-19(27)17-3-1-10-28-17/h1-10,13H,11-12H2,(H,22,26)(H,23,24,27). The first-order valence-corrected chi connectivity index (χ1v) is 10.6. The predicted octanol–water partition coefficient (Wildman–Crippen LogP) is 3.88. The van der Waals surface area contributed by atoms with E-state index in [9.17, 15) is 9.59 Å². The minimum atomic E-state index is -0.194. The van der Waals surface area contributed by atoms with E-state index in [0.717, 1.165) is 11.3 Å². The molecule has 4 rings (SSSR count). The number of nitrogens with zero attached hydrogens (tertiary/aromatic N) is 3. The molecular weight excluding hydrogens is 406 g/mol. The molecule has 0 fully saturated rings. The van der Waals surface area contributed by atoms with Crippen LogP contribution >= 0.6 is 22.7 Å². The van der Waals surface area contributed by atoms with Crippen molar-refractivity contribution < 1.29 is 9.59 Å². The summed E-state index contributed by atoms with van der Waals surface area (Å²) in [5.41, 5.74) is 2.43. The van der Waals surface area contributed by atoms with E-state index in [0.29, 0.717) is 22.2 Å². The molecular formula is C20H17N5O2S2. The quantitative estimate of drug-likeness (QED) is 0.472. The number of hydrogen-bond acceptors (Lipinski definition) is 6. The summed E-state index contributed by atoms with van der Waals surface area (Å²) in [4.78, 5) is 29.3. The van der Waals surface area contributed by atoms with Gasteiger partial charge in [0.15, 0.2) is 5.13 Å². The Morgan fingerprint density at radius 2 is 1.90 bits per heavy atom. The molecule has 0 atom stereocenters. The Morgan fingerprint density at radius 3 is 2.62 bits per heavy atom. The molecule has 146 valence electrons. The lowest BCUT2D eigenvalue weighted by molar-refractivity contribution is -0.115. The molecule has 9 heteroatoms. The Hall–Kier alpha value is -3.30. The number of carbonyl (C=O) groups is 2. The van der Waals surface area contributed by atoms with E-state index in [-0.39, 0.29) is 18.2 Å². The van der Waals surface area contributed by atoms with Gasteiger partial charge < -0.3 is 5.32 Å². The van der Waals surface area contributed by atoms with Gasteiger partial charge in [-0.25, -0.2) is 4.98 Å². The van der Waals surface area contributed by atoms with Gasteiger partial charge in [0.25, 0.3) is 5.91 Å². The maximum Gasteiger partial charge on any atom is 0.267 e. The van der Waals surface area contributed by atoms with Gasteiger partial charge in [-0.15, -0.1) is 22.7 Å². The third kappa shape index (κ3) is 5.15. The van der Waals surface area contributed by atoms with Crippen LogP contribution in [0, 0.1) is 0 Å². The van der Waals surface area contributed by atoms with Gasteiger partial charge in [-0.2, -0.15) is 5.10 Å². The normalized spacial score (nSPS) is 10.6. The van der Waals surface area contributed by atoms with E-state index in [1.165, 1.54) is 22.7 Å². The highest BCUT2D eigenvalue weighted by atomic mass is 32.1. The molecule has 1 aromatic carbocycles. The van der Waals surface area contributed by atoms with Crippen molar-refractivity contribution in [2.24, 2.45) is 0 Å². The van der Waals surface area contributed by atoms with Gasteiger partial charge in [0, 0.05) is 23.5 Å². The average molecular weight is 424 g/mol. The lowest BCUT2D eigenvalue weighted by atomic mass is 10.2. The average Bonchev–Trinajstić information content (AvgIpc) is 3.46. The van der Waals surface area contributed by atoms with Gasteiger partial charge in [0.05, 0.1) is 23.5 Å². The molecule has 3 aromatic heterocycles. The zero-order valence-corrected chi connectivity index (χ0v) is 16.9. The highest BCUT2D eigenvalue weighted by Gasteiger charge is 2.12. The molecule has 2 N–H and O–H groups in total. The number of thiophene rings is 1. The van der Waals surface area contributed by atoms with Crippen LogP contribution in [0.5, 0.6) is 0 Å². The van der Waals surface area contributed by atoms with Gasteiger partial charge in [0.1, 0.15) is 0 Å². The molecule has 0 unspecified atom stereocenters. The Morgan fingerprint density at radius 1 is 1.03 bits per heavy atom. The van der Waals surface area contributed by atoms with E-state index in [1.807, 2.05) is 52.7 Å². The molecule has 0 saturated heterocycles. The SMILES string of the molecule is O=C(Cc1csc(NC(=O)c2cccs2)n1)Nc1ccc(Cn2cccn2)cc1. The van der Waals surface area contributed by atoms with Crippen LogP contribution in [0.15, 0.2) is 65.6 Å². The molecule has 0 aliphatic carbocycles. The number of thiazole rings is 1. The summed E-state index contributed by atoms with van der Waals surface area (Å²) in [6.07, 6.45) is 3.78. The van der Waals surface area contributed by atoms with Gasteiger partial charge in [-0.3, -0.25) is 19.6 Å². The number of hydrogen-bond donors (Lipinski definition) is 2. The molecule has 2 amide bonds. The van der Waals surface area contributed by atoms with E-state index in [1.54, 1.807) is 17.6 Å². The third-order valence-electron chi connectivity index (χ3n) is 4.00. The van der Waals surface area contributed by atoms with Crippen LogP contribution in [0.2, 0.25) is 0 Å². The van der Waals surface area contributed by atoms with Crippen LogP contribution in [0.1, 0.15) is 20.9 Å². The molecule has 29 heavy (non-hydrogen) atoms. The Kier molecular flexibility index (Phi) is 5.78. The monoisotopic (exact) mass is 423 g/mol. The Labute approximate surface area is 175 Å². The summed E-state index contributed by atoms with van der Waals surface area (Å²) in [5, 5.41) is 13.9. The fourth-order valence-corrected chi connectivity index (χ4v) is 3.98. The van der Waals surface area contributed by atoms with Crippen molar-refractivity contribution in [2.75, 3.05) is 10.6 Å². The van der Waals surface area contributed by atoms with Crippen LogP contribution in [0.4, 0.5) is 10.8 Å². The van der Waals surface area contributed by atoms with Gasteiger partial charge in [-0.05, 0) is 35.2 Å². The van der Waals surface area contributed by atoms with E-state index in [4.69, 9.17) is 0 Å². The minimum Gasteiger partial charge on any atom is -0.326 e. The number of nitrogens with one attached hydrogen (secondary N) is 2. The first-order chi connectivity index (χ1) is 14.2. The molecule has 0 radical (unpaired) electrons. The highest BCUT2D eigenvalue weighted by Crippen LogP contribution is 2.19. The number of carbonyl (C=O) groups excluding carboxylic acids is 2. The van der Waals surface area contributed by atoms with Crippen LogP contribution in [-0.4, -0.2) is 26.6 Å². The van der Waals surface area contributed by atoms with Crippen molar-refractivity contribution >= 4 is 45.3 Å². The molecule has 0 spiro atoms. The number of benzene rings is 1. The molecule has 7 nitrogen and oxygen atoms in total. The second-order valence-electron chi connectivity index (χ2n) is 6.20. The molecule has 0 aliphatic heterocycles. The van der Waals surface area contributed by atoms with Crippen molar-refractivity contribution in [3.8, 4) is 0 Å². The summed E-state index contributed by atoms with van der Waals surface area (Å²) in [7, 11) is 0. The summed E-state index contributed by atoms with van der Waals surface area (Å²) in [5.74, 6) is -0.355. The van der Waals surface area contributed by atoms with Crippen molar-refractivity contribution in [3.63, 3.8) is 0 Å². The van der Waals surface area contributed by atoms with Crippen molar-refractivity contribution in [1.82, 2.24) is 14.8 Å². The summed E-state index contributed by atoms with van der Waals surface area (Å²) < 4.78 is 1.84. The second kappa shape index (κ2) is 8.80. The first-order valence-electron chi connectivity index (χ1n) is 8.81. The van der Waals surface area contributed by atoms with E-state index >= 15 is 0 Å². The van der Waals surface area contributed by atoms with Crippen LogP contribution in [0.25, 0.3) is 0 Å². The van der Waals surface area contributed by atoms with E-state index in [2.05, 4.69) is 20.7 Å². The first kappa shape index (κ1) is 19.0. The lowest BCUT2D eigenvalue weighted by Crippen LogP contribution is -2.15.